The molecule has 160 valence electrons. The number of methoxy groups -OCH3 is 2. The number of rotatable bonds is 6. The number of carbonyl (C=O) groups is 3. The van der Waals surface area contributed by atoms with Gasteiger partial charge in [-0.25, -0.2) is 9.69 Å². The van der Waals surface area contributed by atoms with E-state index in [0.717, 1.165) is 10.5 Å². The Balaban J connectivity index is 2.11. The van der Waals surface area contributed by atoms with Gasteiger partial charge < -0.3 is 9.47 Å². The quantitative estimate of drug-likeness (QED) is 0.416. The monoisotopic (exact) mass is 440 g/mol. The molecule has 0 unspecified atom stereocenters. The van der Waals surface area contributed by atoms with E-state index in [2.05, 4.69) is 11.9 Å². The number of benzene rings is 2. The Kier molecular flexibility index (Phi) is 6.46. The van der Waals surface area contributed by atoms with E-state index in [1.165, 1.54) is 26.4 Å². The molecule has 0 radical (unpaired) electrons. The fraction of sp³-hybridized carbons (Fsp3) is 0.174. The van der Waals surface area contributed by atoms with Crippen molar-refractivity contribution < 1.29 is 23.9 Å². The lowest BCUT2D eigenvalue weighted by molar-refractivity contribution is -0.122. The maximum Gasteiger partial charge on any atom is 0.335 e. The number of urea groups is 1. The van der Waals surface area contributed by atoms with Gasteiger partial charge in [0.15, 0.2) is 11.5 Å². The van der Waals surface area contributed by atoms with Crippen LogP contribution in [0.3, 0.4) is 0 Å². The molecule has 1 saturated heterocycles. The Labute approximate surface area is 184 Å². The zero-order valence-corrected chi connectivity index (χ0v) is 18.1. The van der Waals surface area contributed by atoms with Crippen LogP contribution in [0.25, 0.3) is 6.08 Å². The minimum absolute atomic E-state index is 0.198. The van der Waals surface area contributed by atoms with Crippen molar-refractivity contribution in [1.82, 2.24) is 5.32 Å². The van der Waals surface area contributed by atoms with E-state index >= 15 is 0 Å². The number of allylic oxidation sites excluding steroid dienone is 1. The number of carbonyl (C=O) groups excluding carboxylic acids is 3. The number of barbiturate groups is 1. The summed E-state index contributed by atoms with van der Waals surface area (Å²) in [5.74, 6) is -0.559. The number of imide groups is 2. The summed E-state index contributed by atoms with van der Waals surface area (Å²) >= 11 is 6.05. The summed E-state index contributed by atoms with van der Waals surface area (Å²) in [6.07, 6.45) is 3.60. The second-order valence-corrected chi connectivity index (χ2v) is 7.23. The zero-order valence-electron chi connectivity index (χ0n) is 17.3. The molecule has 0 spiro atoms. The van der Waals surface area contributed by atoms with Crippen LogP contribution in [0.15, 0.2) is 48.6 Å². The number of anilines is 1. The predicted molar refractivity (Wildman–Crippen MR) is 119 cm³/mol. The molecule has 0 aromatic heterocycles. The molecule has 8 heteroatoms. The van der Waals surface area contributed by atoms with Gasteiger partial charge in [0.05, 0.1) is 19.9 Å². The van der Waals surface area contributed by atoms with Gasteiger partial charge in [-0.05, 0) is 54.8 Å². The summed E-state index contributed by atoms with van der Waals surface area (Å²) in [6, 6.07) is 7.41. The molecule has 3 rings (SSSR count). The van der Waals surface area contributed by atoms with E-state index in [1.807, 2.05) is 0 Å². The van der Waals surface area contributed by atoms with Gasteiger partial charge in [-0.2, -0.15) is 0 Å². The highest BCUT2D eigenvalue weighted by atomic mass is 35.5. The molecular formula is C23H21ClN2O5. The van der Waals surface area contributed by atoms with Crippen molar-refractivity contribution in [3.05, 3.63) is 70.3 Å². The molecule has 2 aromatic rings. The summed E-state index contributed by atoms with van der Waals surface area (Å²) < 4.78 is 10.8. The minimum atomic E-state index is -0.836. The Morgan fingerprint density at radius 3 is 2.52 bits per heavy atom. The number of amides is 4. The SMILES string of the molecule is C=CCc1cc(/C=C2\C(=O)NC(=O)N(c3cc(Cl)ccc3C)C2=O)cc(OC)c1OC. The van der Waals surface area contributed by atoms with Crippen LogP contribution in [0.4, 0.5) is 10.5 Å². The van der Waals surface area contributed by atoms with Crippen molar-refractivity contribution in [3.63, 3.8) is 0 Å². The van der Waals surface area contributed by atoms with Crippen LogP contribution in [-0.2, 0) is 16.0 Å². The van der Waals surface area contributed by atoms with Gasteiger partial charge in [-0.1, -0.05) is 23.7 Å². The molecule has 1 aliphatic heterocycles. The summed E-state index contributed by atoms with van der Waals surface area (Å²) in [5.41, 5.74) is 2.06. The van der Waals surface area contributed by atoms with Gasteiger partial charge in [-0.3, -0.25) is 14.9 Å². The van der Waals surface area contributed by atoms with Crippen LogP contribution in [0.1, 0.15) is 16.7 Å². The van der Waals surface area contributed by atoms with Gasteiger partial charge in [0.2, 0.25) is 0 Å². The van der Waals surface area contributed by atoms with Crippen molar-refractivity contribution >= 4 is 41.2 Å². The lowest BCUT2D eigenvalue weighted by Crippen LogP contribution is -2.54. The molecule has 0 atom stereocenters. The third-order valence-electron chi connectivity index (χ3n) is 4.77. The van der Waals surface area contributed by atoms with Crippen molar-refractivity contribution in [2.45, 2.75) is 13.3 Å². The number of hydrogen-bond acceptors (Lipinski definition) is 5. The number of nitrogens with zero attached hydrogens (tertiary/aromatic N) is 1. The molecule has 0 aliphatic carbocycles. The van der Waals surface area contributed by atoms with Crippen LogP contribution in [-0.4, -0.2) is 32.1 Å². The Bertz CT molecular complexity index is 1120. The topological polar surface area (TPSA) is 84.9 Å². The number of aryl methyl sites for hydroxylation is 1. The second-order valence-electron chi connectivity index (χ2n) is 6.80. The lowest BCUT2D eigenvalue weighted by atomic mass is 10.0. The molecular weight excluding hydrogens is 420 g/mol. The minimum Gasteiger partial charge on any atom is -0.493 e. The second kappa shape index (κ2) is 9.06. The number of ether oxygens (including phenoxy) is 2. The number of hydrogen-bond donors (Lipinski definition) is 1. The van der Waals surface area contributed by atoms with Gasteiger partial charge in [0.1, 0.15) is 5.57 Å². The average Bonchev–Trinajstić information content (AvgIpc) is 2.73. The molecule has 1 N–H and O–H groups in total. The van der Waals surface area contributed by atoms with Gasteiger partial charge in [0, 0.05) is 10.6 Å². The normalized spacial score (nSPS) is 15.2. The van der Waals surface area contributed by atoms with Crippen LogP contribution < -0.4 is 19.7 Å². The molecule has 1 fully saturated rings. The average molecular weight is 441 g/mol. The van der Waals surface area contributed by atoms with Gasteiger partial charge >= 0.3 is 6.03 Å². The highest BCUT2D eigenvalue weighted by molar-refractivity contribution is 6.39. The molecule has 0 bridgehead atoms. The number of nitrogens with one attached hydrogen (secondary N) is 1. The summed E-state index contributed by atoms with van der Waals surface area (Å²) in [7, 11) is 3.02. The highest BCUT2D eigenvalue weighted by Crippen LogP contribution is 2.34. The third-order valence-corrected chi connectivity index (χ3v) is 5.00. The van der Waals surface area contributed by atoms with Gasteiger partial charge in [-0.15, -0.1) is 6.58 Å². The van der Waals surface area contributed by atoms with Crippen molar-refractivity contribution in [1.29, 1.82) is 0 Å². The highest BCUT2D eigenvalue weighted by Gasteiger charge is 2.37. The lowest BCUT2D eigenvalue weighted by Gasteiger charge is -2.27. The van der Waals surface area contributed by atoms with Crippen molar-refractivity contribution in [2.24, 2.45) is 0 Å². The van der Waals surface area contributed by atoms with Crippen molar-refractivity contribution in [3.8, 4) is 11.5 Å². The van der Waals surface area contributed by atoms with Gasteiger partial charge in [0.25, 0.3) is 11.8 Å². The third kappa shape index (κ3) is 4.32. The Morgan fingerprint density at radius 2 is 1.87 bits per heavy atom. The van der Waals surface area contributed by atoms with Crippen LogP contribution in [0.5, 0.6) is 11.5 Å². The standard InChI is InChI=1S/C23H21ClN2O5/c1-5-6-15-9-14(11-19(30-3)20(15)31-4)10-17-21(27)25-23(29)26(22(17)28)18-12-16(24)8-7-13(18)2/h5,7-12H,1,6H2,2-4H3,(H,25,27,29)/b17-10+. The largest absolute Gasteiger partial charge is 0.493 e. The van der Waals surface area contributed by atoms with Crippen LogP contribution >= 0.6 is 11.6 Å². The fourth-order valence-electron chi connectivity index (χ4n) is 3.32. The smallest absolute Gasteiger partial charge is 0.335 e. The summed E-state index contributed by atoms with van der Waals surface area (Å²) in [4.78, 5) is 39.0. The van der Waals surface area contributed by atoms with Crippen LogP contribution in [0, 0.1) is 6.92 Å². The van der Waals surface area contributed by atoms with Crippen LogP contribution in [0.2, 0.25) is 5.02 Å². The zero-order chi connectivity index (χ0) is 22.7. The summed E-state index contributed by atoms with van der Waals surface area (Å²) in [6.45, 7) is 5.48. The van der Waals surface area contributed by atoms with E-state index in [0.29, 0.717) is 39.8 Å². The molecule has 2 aromatic carbocycles. The van der Waals surface area contributed by atoms with E-state index in [9.17, 15) is 14.4 Å². The number of halogens is 1. The molecule has 4 amide bonds. The molecule has 1 heterocycles. The van der Waals surface area contributed by atoms with Crippen molar-refractivity contribution in [2.75, 3.05) is 19.1 Å². The predicted octanol–water partition coefficient (Wildman–Crippen LogP) is 4.06. The van der Waals surface area contributed by atoms with E-state index in [1.54, 1.807) is 37.3 Å². The maximum atomic E-state index is 13.2. The van der Waals surface area contributed by atoms with E-state index < -0.39 is 17.8 Å². The fourth-order valence-corrected chi connectivity index (χ4v) is 3.49. The maximum absolute atomic E-state index is 13.2. The first-order chi connectivity index (χ1) is 14.8. The molecule has 7 nitrogen and oxygen atoms in total. The Morgan fingerprint density at radius 1 is 1.13 bits per heavy atom. The molecule has 1 aliphatic rings. The van der Waals surface area contributed by atoms with E-state index in [4.69, 9.17) is 21.1 Å². The first kappa shape index (κ1) is 22.1. The first-order valence-corrected chi connectivity index (χ1v) is 9.72. The molecule has 31 heavy (non-hydrogen) atoms. The summed E-state index contributed by atoms with van der Waals surface area (Å²) in [5, 5.41) is 2.57. The first-order valence-electron chi connectivity index (χ1n) is 9.34. The van der Waals surface area contributed by atoms with E-state index in [-0.39, 0.29) is 5.57 Å². The molecule has 0 saturated carbocycles. The Hall–Kier alpha value is -3.58.